The molecule has 0 bridgehead atoms. The minimum atomic E-state index is -0.465. The average molecular weight is 213 g/mol. The largest absolute Gasteiger partial charge is 0.469 e. The summed E-state index contributed by atoms with van der Waals surface area (Å²) in [5, 5.41) is 0. The van der Waals surface area contributed by atoms with Crippen LogP contribution in [0.4, 0.5) is 0 Å². The Balaban J connectivity index is 2.54. The minimum Gasteiger partial charge on any atom is -0.469 e. The predicted octanol–water partition coefficient (Wildman–Crippen LogP) is 0.403. The van der Waals surface area contributed by atoms with E-state index in [2.05, 4.69) is 15.6 Å². The molecule has 3 atom stereocenters. The van der Waals surface area contributed by atoms with Crippen LogP contribution in [0.15, 0.2) is 0 Å². The lowest BCUT2D eigenvalue weighted by atomic mass is 10.0. The van der Waals surface area contributed by atoms with Gasteiger partial charge < -0.3 is 4.74 Å². The van der Waals surface area contributed by atoms with E-state index in [1.54, 1.807) is 0 Å². The van der Waals surface area contributed by atoms with Crippen molar-refractivity contribution in [1.29, 1.82) is 0 Å². The summed E-state index contributed by atoms with van der Waals surface area (Å²) < 4.78 is 4.56. The molecule has 0 aromatic rings. The Kier molecular flexibility index (Phi) is 3.58. The molecular weight excluding hydrogens is 203 g/mol. The fraction of sp³-hybridized carbons (Fsp3) is 0.833. The third-order valence-electron chi connectivity index (χ3n) is 1.70. The molecule has 4 nitrogen and oxygen atoms in total. The standard InChI is InChI=1S/C6H10Cl2N2O2/c1-12-6(11)3-2-4(7)9-10-5(3)8/h3-5,9-10H,2H2,1H3. The van der Waals surface area contributed by atoms with Crippen molar-refractivity contribution in [2.75, 3.05) is 7.11 Å². The summed E-state index contributed by atoms with van der Waals surface area (Å²) in [7, 11) is 1.33. The monoisotopic (exact) mass is 212 g/mol. The molecule has 70 valence electrons. The van der Waals surface area contributed by atoms with Gasteiger partial charge in [0, 0.05) is 0 Å². The Morgan fingerprint density at radius 2 is 2.17 bits per heavy atom. The summed E-state index contributed by atoms with van der Waals surface area (Å²) in [5.74, 6) is -0.727. The summed E-state index contributed by atoms with van der Waals surface area (Å²) in [5.41, 5.74) is 4.64. The molecule has 2 N–H and O–H groups in total. The average Bonchev–Trinajstić information content (AvgIpc) is 2.08. The molecule has 1 heterocycles. The number of methoxy groups -OCH3 is 1. The lowest BCUT2D eigenvalue weighted by Gasteiger charge is -2.29. The number of halogens is 2. The third-order valence-corrected chi connectivity index (χ3v) is 2.40. The molecule has 0 aromatic heterocycles. The van der Waals surface area contributed by atoms with Crippen molar-refractivity contribution in [2.24, 2.45) is 5.92 Å². The molecule has 1 rings (SSSR count). The van der Waals surface area contributed by atoms with Gasteiger partial charge in [-0.25, -0.2) is 10.9 Å². The van der Waals surface area contributed by atoms with Crippen LogP contribution in [0.3, 0.4) is 0 Å². The summed E-state index contributed by atoms with van der Waals surface area (Å²) in [6.07, 6.45) is 0.468. The van der Waals surface area contributed by atoms with E-state index in [1.165, 1.54) is 7.11 Å². The Morgan fingerprint density at radius 3 is 2.75 bits per heavy atom. The van der Waals surface area contributed by atoms with Crippen LogP contribution in [0, 0.1) is 5.92 Å². The maximum atomic E-state index is 11.1. The Hall–Kier alpha value is -0.0300. The molecule has 0 aromatic carbocycles. The highest BCUT2D eigenvalue weighted by Crippen LogP contribution is 2.21. The van der Waals surface area contributed by atoms with Crippen LogP contribution in [-0.4, -0.2) is 24.1 Å². The fourth-order valence-electron chi connectivity index (χ4n) is 1.04. The number of nitrogens with one attached hydrogen (secondary N) is 2. The second kappa shape index (κ2) is 4.28. The van der Waals surface area contributed by atoms with E-state index in [0.29, 0.717) is 6.42 Å². The fourth-order valence-corrected chi connectivity index (χ4v) is 1.56. The van der Waals surface area contributed by atoms with Crippen molar-refractivity contribution in [2.45, 2.75) is 17.4 Å². The van der Waals surface area contributed by atoms with Crippen LogP contribution in [0.25, 0.3) is 0 Å². The number of hydrogen-bond acceptors (Lipinski definition) is 4. The quantitative estimate of drug-likeness (QED) is 0.376. The number of hydrogen-bond donors (Lipinski definition) is 2. The summed E-state index contributed by atoms with van der Waals surface area (Å²) >= 11 is 11.5. The zero-order chi connectivity index (χ0) is 9.14. The van der Waals surface area contributed by atoms with E-state index >= 15 is 0 Å². The van der Waals surface area contributed by atoms with Crippen LogP contribution >= 0.6 is 23.2 Å². The van der Waals surface area contributed by atoms with E-state index < -0.39 is 5.50 Å². The molecule has 6 heteroatoms. The highest BCUT2D eigenvalue weighted by atomic mass is 35.5. The lowest BCUT2D eigenvalue weighted by molar-refractivity contribution is -0.146. The van der Waals surface area contributed by atoms with Crippen LogP contribution < -0.4 is 10.9 Å². The number of carbonyl (C=O) groups excluding carboxylic acids is 1. The first kappa shape index (κ1) is 10.1. The maximum Gasteiger partial charge on any atom is 0.311 e. The van der Waals surface area contributed by atoms with Gasteiger partial charge in [0.15, 0.2) is 0 Å². The van der Waals surface area contributed by atoms with Crippen LogP contribution in [0.1, 0.15) is 6.42 Å². The summed E-state index contributed by atoms with van der Waals surface area (Å²) in [6, 6.07) is 0. The van der Waals surface area contributed by atoms with Crippen molar-refractivity contribution in [1.82, 2.24) is 10.9 Å². The van der Waals surface area contributed by atoms with Crippen molar-refractivity contribution in [3.8, 4) is 0 Å². The van der Waals surface area contributed by atoms with Crippen molar-refractivity contribution >= 4 is 29.2 Å². The van der Waals surface area contributed by atoms with Gasteiger partial charge in [0.05, 0.1) is 18.5 Å². The first-order chi connectivity index (χ1) is 5.65. The summed E-state index contributed by atoms with van der Waals surface area (Å²) in [4.78, 5) is 11.1. The lowest BCUT2D eigenvalue weighted by Crippen LogP contribution is -2.54. The first-order valence-electron chi connectivity index (χ1n) is 3.52. The van der Waals surface area contributed by atoms with Gasteiger partial charge in [0.1, 0.15) is 5.50 Å². The van der Waals surface area contributed by atoms with E-state index in [9.17, 15) is 4.79 Å². The molecular formula is C6H10Cl2N2O2. The topological polar surface area (TPSA) is 50.4 Å². The van der Waals surface area contributed by atoms with Gasteiger partial charge in [-0.1, -0.05) is 0 Å². The molecule has 0 spiro atoms. The number of hydrazine groups is 1. The number of carbonyl (C=O) groups is 1. The second-order valence-electron chi connectivity index (χ2n) is 2.52. The molecule has 1 aliphatic heterocycles. The van der Waals surface area contributed by atoms with Crippen LogP contribution in [0.5, 0.6) is 0 Å². The summed E-state index contributed by atoms with van der Waals surface area (Å²) in [6.45, 7) is 0. The van der Waals surface area contributed by atoms with Gasteiger partial charge in [0.2, 0.25) is 0 Å². The predicted molar refractivity (Wildman–Crippen MR) is 45.7 cm³/mol. The van der Waals surface area contributed by atoms with E-state index in [0.717, 1.165) is 0 Å². The third kappa shape index (κ3) is 2.23. The maximum absolute atomic E-state index is 11.1. The minimum absolute atomic E-state index is 0.288. The van der Waals surface area contributed by atoms with Crippen LogP contribution in [0.2, 0.25) is 0 Å². The van der Waals surface area contributed by atoms with E-state index in [-0.39, 0.29) is 17.4 Å². The number of rotatable bonds is 1. The molecule has 0 radical (unpaired) electrons. The smallest absolute Gasteiger partial charge is 0.311 e. The van der Waals surface area contributed by atoms with Crippen LogP contribution in [-0.2, 0) is 9.53 Å². The molecule has 1 saturated heterocycles. The highest BCUT2D eigenvalue weighted by Gasteiger charge is 2.33. The van der Waals surface area contributed by atoms with Gasteiger partial charge >= 0.3 is 5.97 Å². The molecule has 3 unspecified atom stereocenters. The van der Waals surface area contributed by atoms with Crippen molar-refractivity contribution < 1.29 is 9.53 Å². The number of ether oxygens (including phenoxy) is 1. The highest BCUT2D eigenvalue weighted by molar-refractivity contribution is 6.23. The molecule has 0 amide bonds. The molecule has 1 fully saturated rings. The molecule has 1 aliphatic rings. The molecule has 0 saturated carbocycles. The molecule has 0 aliphatic carbocycles. The SMILES string of the molecule is COC(=O)C1CC(Cl)NNC1Cl. The van der Waals surface area contributed by atoms with Gasteiger partial charge in [-0.2, -0.15) is 0 Å². The van der Waals surface area contributed by atoms with Gasteiger partial charge in [-0.05, 0) is 6.42 Å². The van der Waals surface area contributed by atoms with Gasteiger partial charge in [-0.15, -0.1) is 23.2 Å². The van der Waals surface area contributed by atoms with Gasteiger partial charge in [0.25, 0.3) is 0 Å². The Labute approximate surface area is 80.5 Å². The van der Waals surface area contributed by atoms with Crippen molar-refractivity contribution in [3.63, 3.8) is 0 Å². The molecule has 12 heavy (non-hydrogen) atoms. The van der Waals surface area contributed by atoms with E-state index in [1.807, 2.05) is 0 Å². The van der Waals surface area contributed by atoms with Crippen molar-refractivity contribution in [3.05, 3.63) is 0 Å². The number of alkyl halides is 2. The Morgan fingerprint density at radius 1 is 1.50 bits per heavy atom. The normalized spacial score (nSPS) is 36.1. The zero-order valence-corrected chi connectivity index (χ0v) is 8.02. The van der Waals surface area contributed by atoms with Gasteiger partial charge in [-0.3, -0.25) is 4.79 Å². The second-order valence-corrected chi connectivity index (χ2v) is 3.52. The first-order valence-corrected chi connectivity index (χ1v) is 4.39. The zero-order valence-electron chi connectivity index (χ0n) is 6.51. The van der Waals surface area contributed by atoms with E-state index in [4.69, 9.17) is 23.2 Å². The number of esters is 1. The Bertz CT molecular complexity index is 179.